The predicted octanol–water partition coefficient (Wildman–Crippen LogP) is 3.30. The number of aromatic carboxylic acids is 1. The van der Waals surface area contributed by atoms with Crippen LogP contribution in [0, 0.1) is 13.8 Å². The van der Waals surface area contributed by atoms with E-state index in [4.69, 9.17) is 16.6 Å². The van der Waals surface area contributed by atoms with Gasteiger partial charge in [-0.05, 0) is 49.2 Å². The van der Waals surface area contributed by atoms with Gasteiger partial charge in [-0.25, -0.2) is 4.79 Å². The van der Waals surface area contributed by atoms with Crippen LogP contribution in [0.1, 0.15) is 31.8 Å². The summed E-state index contributed by atoms with van der Waals surface area (Å²) in [6.07, 6.45) is 0. The Morgan fingerprint density at radius 1 is 0.871 bits per heavy atom. The Balaban J connectivity index is 0.000000316. The van der Waals surface area contributed by atoms with Crippen molar-refractivity contribution in [3.63, 3.8) is 0 Å². The van der Waals surface area contributed by atoms with Crippen LogP contribution in [-0.4, -0.2) is 36.2 Å². The molecule has 168 valence electrons. The van der Waals surface area contributed by atoms with Crippen molar-refractivity contribution in [2.75, 3.05) is 0 Å². The highest BCUT2D eigenvalue weighted by Gasteiger charge is 2.12. The molecule has 31 heavy (non-hydrogen) atoms. The van der Waals surface area contributed by atoms with E-state index in [1.807, 2.05) is 0 Å². The lowest BCUT2D eigenvalue weighted by Crippen LogP contribution is -2.24. The molecule has 0 aliphatic carbocycles. The average Bonchev–Trinajstić information content (AvgIpc) is 2.63. The number of nitrogens with two attached hydrogens (primary N) is 2. The summed E-state index contributed by atoms with van der Waals surface area (Å²) in [5, 5.41) is 8.68. The van der Waals surface area contributed by atoms with E-state index in [1.165, 1.54) is 24.3 Å². The Morgan fingerprint density at radius 3 is 1.68 bits per heavy atom. The zero-order valence-electron chi connectivity index (χ0n) is 16.3. The molecule has 0 unspecified atom stereocenters. The van der Waals surface area contributed by atoms with Crippen LogP contribution in [0.5, 0.6) is 11.5 Å². The topological polar surface area (TPSA) is 137 Å². The van der Waals surface area contributed by atoms with Gasteiger partial charge in [0.1, 0.15) is 11.5 Å². The number of carbonyl (C=O) groups is 2. The Hall–Kier alpha value is -3.83. The standard InChI is InChI=1S/C10H11F2N3O2.C9H8F2O3/c1-5-2-3-6(17-9(11)12)4-7(5)8(16)15-10(13)14;1-5-2-3-6(14-9(10)11)4-7(5)8(12)13/h2-4,9H,1H3,(H4,13,14,15,16);2-4,9H,1H3,(H,12,13). The summed E-state index contributed by atoms with van der Waals surface area (Å²) in [6.45, 7) is -2.69. The number of nitrogens with zero attached hydrogens (tertiary/aromatic N) is 1. The molecule has 0 radical (unpaired) electrons. The molecule has 0 fully saturated rings. The number of halogens is 4. The Bertz CT molecular complexity index is 964. The molecule has 2 rings (SSSR count). The van der Waals surface area contributed by atoms with E-state index in [1.54, 1.807) is 13.8 Å². The van der Waals surface area contributed by atoms with Crippen LogP contribution in [0.25, 0.3) is 0 Å². The van der Waals surface area contributed by atoms with Crippen molar-refractivity contribution < 1.29 is 41.7 Å². The van der Waals surface area contributed by atoms with E-state index >= 15 is 0 Å². The first-order valence-electron chi connectivity index (χ1n) is 8.39. The molecule has 0 saturated heterocycles. The van der Waals surface area contributed by atoms with Crippen molar-refractivity contribution in [1.82, 2.24) is 0 Å². The van der Waals surface area contributed by atoms with Crippen LogP contribution in [-0.2, 0) is 0 Å². The van der Waals surface area contributed by atoms with Gasteiger partial charge in [0.2, 0.25) is 0 Å². The third kappa shape index (κ3) is 8.60. The first-order valence-corrected chi connectivity index (χ1v) is 8.39. The third-order valence-corrected chi connectivity index (χ3v) is 3.56. The normalized spacial score (nSPS) is 10.2. The minimum atomic E-state index is -2.95. The number of aliphatic imine (C=N–C) groups is 1. The molecule has 0 aromatic heterocycles. The molecular formula is C19H19F4N3O5. The number of ether oxygens (including phenoxy) is 2. The third-order valence-electron chi connectivity index (χ3n) is 3.56. The number of carboxylic acid groups (broad SMARTS) is 1. The maximum atomic E-state index is 12.0. The number of carbonyl (C=O) groups excluding carboxylic acids is 1. The highest BCUT2D eigenvalue weighted by molar-refractivity contribution is 6.03. The lowest BCUT2D eigenvalue weighted by atomic mass is 10.1. The molecular weight excluding hydrogens is 426 g/mol. The SMILES string of the molecule is Cc1ccc(OC(F)F)cc1C(=O)N=C(N)N.Cc1ccc(OC(F)F)cc1C(=O)O. The number of rotatable bonds is 6. The fourth-order valence-corrected chi connectivity index (χ4v) is 2.19. The largest absolute Gasteiger partial charge is 0.478 e. The smallest absolute Gasteiger partial charge is 0.387 e. The summed E-state index contributed by atoms with van der Waals surface area (Å²) in [4.78, 5) is 25.5. The van der Waals surface area contributed by atoms with Gasteiger partial charge in [0, 0.05) is 5.56 Å². The van der Waals surface area contributed by atoms with Gasteiger partial charge in [-0.3, -0.25) is 4.79 Å². The minimum Gasteiger partial charge on any atom is -0.478 e. The van der Waals surface area contributed by atoms with Crippen LogP contribution in [0.3, 0.4) is 0 Å². The summed E-state index contributed by atoms with van der Waals surface area (Å²) < 4.78 is 55.8. The van der Waals surface area contributed by atoms with E-state index in [0.717, 1.165) is 12.1 Å². The molecule has 1 amide bonds. The zero-order chi connectivity index (χ0) is 23.7. The quantitative estimate of drug-likeness (QED) is 0.352. The van der Waals surface area contributed by atoms with Gasteiger partial charge >= 0.3 is 19.2 Å². The van der Waals surface area contributed by atoms with Gasteiger partial charge in [0.15, 0.2) is 5.96 Å². The van der Waals surface area contributed by atoms with Gasteiger partial charge in [0.05, 0.1) is 5.56 Å². The number of aryl methyl sites for hydroxylation is 2. The highest BCUT2D eigenvalue weighted by atomic mass is 19.3. The maximum Gasteiger partial charge on any atom is 0.387 e. The summed E-state index contributed by atoms with van der Waals surface area (Å²) in [5.41, 5.74) is 11.2. The lowest BCUT2D eigenvalue weighted by molar-refractivity contribution is -0.0505. The minimum absolute atomic E-state index is 0.0387. The van der Waals surface area contributed by atoms with Crippen molar-refractivity contribution in [1.29, 1.82) is 0 Å². The Labute approximate surface area is 174 Å². The van der Waals surface area contributed by atoms with Crippen molar-refractivity contribution in [3.05, 3.63) is 58.7 Å². The number of amides is 1. The predicted molar refractivity (Wildman–Crippen MR) is 103 cm³/mol. The molecule has 0 aliphatic heterocycles. The second-order valence-corrected chi connectivity index (χ2v) is 5.86. The number of alkyl halides is 4. The Morgan fingerprint density at radius 2 is 1.29 bits per heavy atom. The number of guanidine groups is 1. The molecule has 2 aromatic carbocycles. The van der Waals surface area contributed by atoms with Gasteiger partial charge in [0.25, 0.3) is 5.91 Å². The number of carboxylic acids is 1. The second kappa shape index (κ2) is 11.4. The molecule has 0 bridgehead atoms. The van der Waals surface area contributed by atoms with E-state index in [2.05, 4.69) is 14.5 Å². The van der Waals surface area contributed by atoms with Crippen LogP contribution < -0.4 is 20.9 Å². The van der Waals surface area contributed by atoms with Crippen molar-refractivity contribution >= 4 is 17.8 Å². The molecule has 0 aliphatic rings. The molecule has 0 heterocycles. The van der Waals surface area contributed by atoms with Crippen molar-refractivity contribution in [3.8, 4) is 11.5 Å². The molecule has 0 saturated carbocycles. The Kier molecular flexibility index (Phi) is 9.25. The monoisotopic (exact) mass is 445 g/mol. The fraction of sp³-hybridized carbons (Fsp3) is 0.211. The van der Waals surface area contributed by atoms with Gasteiger partial charge < -0.3 is 26.0 Å². The lowest BCUT2D eigenvalue weighted by Gasteiger charge is -2.07. The molecule has 8 nitrogen and oxygen atoms in total. The van der Waals surface area contributed by atoms with E-state index in [-0.39, 0.29) is 22.6 Å². The zero-order valence-corrected chi connectivity index (χ0v) is 16.3. The summed E-state index contributed by atoms with van der Waals surface area (Å²) in [6, 6.07) is 7.75. The van der Waals surface area contributed by atoms with Crippen molar-refractivity contribution in [2.45, 2.75) is 27.1 Å². The number of benzene rings is 2. The van der Waals surface area contributed by atoms with Gasteiger partial charge in [-0.15, -0.1) is 0 Å². The first-order chi connectivity index (χ1) is 14.4. The van der Waals surface area contributed by atoms with Gasteiger partial charge in [-0.1, -0.05) is 12.1 Å². The van der Waals surface area contributed by atoms with Crippen molar-refractivity contribution in [2.24, 2.45) is 16.5 Å². The fourth-order valence-electron chi connectivity index (χ4n) is 2.19. The summed E-state index contributed by atoms with van der Waals surface area (Å²) in [5.74, 6) is -2.54. The van der Waals surface area contributed by atoms with E-state index < -0.39 is 31.1 Å². The summed E-state index contributed by atoms with van der Waals surface area (Å²) >= 11 is 0. The van der Waals surface area contributed by atoms with E-state index in [0.29, 0.717) is 11.1 Å². The van der Waals surface area contributed by atoms with Crippen LogP contribution in [0.2, 0.25) is 0 Å². The molecule has 2 aromatic rings. The number of hydrogen-bond acceptors (Lipinski definition) is 4. The second-order valence-electron chi connectivity index (χ2n) is 5.86. The van der Waals surface area contributed by atoms with Gasteiger partial charge in [-0.2, -0.15) is 22.6 Å². The van der Waals surface area contributed by atoms with Crippen LogP contribution >= 0.6 is 0 Å². The van der Waals surface area contributed by atoms with Crippen LogP contribution in [0.15, 0.2) is 41.4 Å². The summed E-state index contributed by atoms with van der Waals surface area (Å²) in [7, 11) is 0. The highest BCUT2D eigenvalue weighted by Crippen LogP contribution is 2.20. The molecule has 5 N–H and O–H groups in total. The number of hydrogen-bond donors (Lipinski definition) is 3. The molecule has 0 spiro atoms. The van der Waals surface area contributed by atoms with E-state index in [9.17, 15) is 27.2 Å². The molecule has 0 atom stereocenters. The average molecular weight is 445 g/mol. The van der Waals surface area contributed by atoms with Crippen LogP contribution in [0.4, 0.5) is 17.6 Å². The first kappa shape index (κ1) is 25.2. The maximum absolute atomic E-state index is 12.0. The molecule has 12 heteroatoms.